The second kappa shape index (κ2) is 6.11. The summed E-state index contributed by atoms with van der Waals surface area (Å²) in [5.41, 5.74) is 10.7. The molecule has 0 fully saturated rings. The van der Waals surface area contributed by atoms with Crippen LogP contribution in [0.25, 0.3) is 0 Å². The molecule has 0 spiro atoms. The Hall–Kier alpha value is -1.95. The summed E-state index contributed by atoms with van der Waals surface area (Å²) in [6, 6.07) is 2.81. The van der Waals surface area contributed by atoms with Gasteiger partial charge in [-0.1, -0.05) is 13.3 Å². The molecule has 5 nitrogen and oxygen atoms in total. The van der Waals surface area contributed by atoms with Gasteiger partial charge in [-0.3, -0.25) is 9.59 Å². The quantitative estimate of drug-likeness (QED) is 0.729. The molecule has 0 aliphatic rings. The predicted octanol–water partition coefficient (Wildman–Crippen LogP) is 0.990. The SMILES string of the molecule is CCC[C@@H](N)C(=O)Nc1cc(C(N)=O)ccc1F. The maximum atomic E-state index is 13.4. The number of carbonyl (C=O) groups excluding carboxylic acids is 2. The maximum absolute atomic E-state index is 13.4. The fraction of sp³-hybridized carbons (Fsp3) is 0.333. The molecule has 0 heterocycles. The number of rotatable bonds is 5. The van der Waals surface area contributed by atoms with Crippen molar-refractivity contribution in [3.05, 3.63) is 29.6 Å². The fourth-order valence-electron chi connectivity index (χ4n) is 1.44. The minimum absolute atomic E-state index is 0.0946. The second-order valence-corrected chi connectivity index (χ2v) is 3.94. The van der Waals surface area contributed by atoms with Gasteiger partial charge in [0.15, 0.2) is 0 Å². The molecular formula is C12H16FN3O2. The van der Waals surface area contributed by atoms with E-state index < -0.39 is 23.7 Å². The number of hydrogen-bond acceptors (Lipinski definition) is 3. The van der Waals surface area contributed by atoms with Gasteiger partial charge in [0.1, 0.15) is 5.82 Å². The first-order valence-electron chi connectivity index (χ1n) is 5.61. The summed E-state index contributed by atoms with van der Waals surface area (Å²) in [4.78, 5) is 22.6. The van der Waals surface area contributed by atoms with Crippen LogP contribution >= 0.6 is 0 Å². The lowest BCUT2D eigenvalue weighted by atomic mass is 10.1. The standard InChI is InChI=1S/C12H16FN3O2/c1-2-3-9(14)12(18)16-10-6-7(11(15)17)4-5-8(10)13/h4-6,9H,2-3,14H2,1H3,(H2,15,17)(H,16,18)/t9-/m1/s1. The van der Waals surface area contributed by atoms with E-state index in [1.165, 1.54) is 12.1 Å². The number of hydrogen-bond donors (Lipinski definition) is 3. The van der Waals surface area contributed by atoms with Crippen LogP contribution in [0.3, 0.4) is 0 Å². The van der Waals surface area contributed by atoms with Gasteiger partial charge >= 0.3 is 0 Å². The van der Waals surface area contributed by atoms with E-state index in [9.17, 15) is 14.0 Å². The van der Waals surface area contributed by atoms with Gasteiger partial charge in [-0.15, -0.1) is 0 Å². The van der Waals surface area contributed by atoms with Gasteiger partial charge in [-0.2, -0.15) is 0 Å². The van der Waals surface area contributed by atoms with E-state index in [0.717, 1.165) is 12.5 Å². The molecular weight excluding hydrogens is 237 g/mol. The summed E-state index contributed by atoms with van der Waals surface area (Å²) in [6.45, 7) is 1.89. The van der Waals surface area contributed by atoms with Crippen LogP contribution in [0.5, 0.6) is 0 Å². The molecule has 1 aromatic rings. The summed E-state index contributed by atoms with van der Waals surface area (Å²) < 4.78 is 13.4. The van der Waals surface area contributed by atoms with E-state index in [0.29, 0.717) is 6.42 Å². The highest BCUT2D eigenvalue weighted by molar-refractivity contribution is 5.97. The molecule has 5 N–H and O–H groups in total. The van der Waals surface area contributed by atoms with Crippen LogP contribution in [0.1, 0.15) is 30.1 Å². The van der Waals surface area contributed by atoms with Crippen molar-refractivity contribution in [2.24, 2.45) is 11.5 Å². The van der Waals surface area contributed by atoms with Gasteiger partial charge < -0.3 is 16.8 Å². The second-order valence-electron chi connectivity index (χ2n) is 3.94. The molecule has 0 unspecified atom stereocenters. The summed E-state index contributed by atoms with van der Waals surface area (Å²) in [5.74, 6) is -1.82. The topological polar surface area (TPSA) is 98.2 Å². The molecule has 0 aliphatic heterocycles. The molecule has 1 rings (SSSR count). The molecule has 0 radical (unpaired) electrons. The first-order valence-corrected chi connectivity index (χ1v) is 5.61. The molecule has 0 aromatic heterocycles. The smallest absolute Gasteiger partial charge is 0.248 e. The van der Waals surface area contributed by atoms with Gasteiger partial charge in [0, 0.05) is 5.56 Å². The number of halogens is 1. The van der Waals surface area contributed by atoms with E-state index in [1.807, 2.05) is 6.92 Å². The van der Waals surface area contributed by atoms with Crippen molar-refractivity contribution in [3.8, 4) is 0 Å². The van der Waals surface area contributed by atoms with Crippen LogP contribution < -0.4 is 16.8 Å². The minimum atomic E-state index is -0.702. The van der Waals surface area contributed by atoms with Crippen molar-refractivity contribution in [3.63, 3.8) is 0 Å². The Labute approximate surface area is 104 Å². The molecule has 0 saturated heterocycles. The van der Waals surface area contributed by atoms with E-state index in [4.69, 9.17) is 11.5 Å². The molecule has 1 aromatic carbocycles. The lowest BCUT2D eigenvalue weighted by Gasteiger charge is -2.12. The van der Waals surface area contributed by atoms with Gasteiger partial charge in [0.2, 0.25) is 11.8 Å². The lowest BCUT2D eigenvalue weighted by molar-refractivity contribution is -0.117. The summed E-state index contributed by atoms with van der Waals surface area (Å²) in [5, 5.41) is 2.34. The molecule has 2 amide bonds. The largest absolute Gasteiger partial charge is 0.366 e. The zero-order valence-corrected chi connectivity index (χ0v) is 10.1. The molecule has 1 atom stereocenters. The average Bonchev–Trinajstić information content (AvgIpc) is 2.31. The van der Waals surface area contributed by atoms with E-state index in [1.54, 1.807) is 0 Å². The van der Waals surface area contributed by atoms with Crippen molar-refractivity contribution in [1.29, 1.82) is 0 Å². The molecule has 98 valence electrons. The molecule has 0 aliphatic carbocycles. The summed E-state index contributed by atoms with van der Waals surface area (Å²) >= 11 is 0. The Kier molecular flexibility index (Phi) is 4.79. The van der Waals surface area contributed by atoms with Gasteiger partial charge in [0.05, 0.1) is 11.7 Å². The predicted molar refractivity (Wildman–Crippen MR) is 66.4 cm³/mol. The third-order valence-electron chi connectivity index (χ3n) is 2.45. The number of carbonyl (C=O) groups is 2. The van der Waals surface area contributed by atoms with Crippen LogP contribution in [0.15, 0.2) is 18.2 Å². The molecule has 18 heavy (non-hydrogen) atoms. The lowest BCUT2D eigenvalue weighted by Crippen LogP contribution is -2.35. The van der Waals surface area contributed by atoms with E-state index in [-0.39, 0.29) is 11.3 Å². The van der Waals surface area contributed by atoms with Crippen LogP contribution in [0.2, 0.25) is 0 Å². The Morgan fingerprint density at radius 3 is 2.67 bits per heavy atom. The van der Waals surface area contributed by atoms with Crippen molar-refractivity contribution in [1.82, 2.24) is 0 Å². The minimum Gasteiger partial charge on any atom is -0.366 e. The van der Waals surface area contributed by atoms with Crippen LogP contribution in [0, 0.1) is 5.82 Å². The average molecular weight is 253 g/mol. The third kappa shape index (κ3) is 3.53. The van der Waals surface area contributed by atoms with Crippen LogP contribution in [0.4, 0.5) is 10.1 Å². The zero-order valence-electron chi connectivity index (χ0n) is 10.1. The molecule has 0 bridgehead atoms. The first kappa shape index (κ1) is 14.1. The van der Waals surface area contributed by atoms with E-state index in [2.05, 4.69) is 5.32 Å². The van der Waals surface area contributed by atoms with Crippen LogP contribution in [-0.2, 0) is 4.79 Å². The normalized spacial score (nSPS) is 11.9. The van der Waals surface area contributed by atoms with Gasteiger partial charge in [-0.25, -0.2) is 4.39 Å². The Morgan fingerprint density at radius 1 is 1.44 bits per heavy atom. The first-order chi connectivity index (χ1) is 8.45. The molecule has 0 saturated carbocycles. The van der Waals surface area contributed by atoms with Gasteiger partial charge in [0.25, 0.3) is 0 Å². The Morgan fingerprint density at radius 2 is 2.11 bits per heavy atom. The third-order valence-corrected chi connectivity index (χ3v) is 2.45. The Balaban J connectivity index is 2.86. The van der Waals surface area contributed by atoms with Gasteiger partial charge in [-0.05, 0) is 24.6 Å². The molecule has 6 heteroatoms. The number of amides is 2. The van der Waals surface area contributed by atoms with Crippen molar-refractivity contribution >= 4 is 17.5 Å². The highest BCUT2D eigenvalue weighted by Crippen LogP contribution is 2.16. The number of benzene rings is 1. The van der Waals surface area contributed by atoms with Crippen molar-refractivity contribution < 1.29 is 14.0 Å². The van der Waals surface area contributed by atoms with E-state index >= 15 is 0 Å². The zero-order chi connectivity index (χ0) is 13.7. The fourth-order valence-corrected chi connectivity index (χ4v) is 1.44. The maximum Gasteiger partial charge on any atom is 0.248 e. The number of primary amides is 1. The highest BCUT2D eigenvalue weighted by Gasteiger charge is 2.15. The monoisotopic (exact) mass is 253 g/mol. The number of nitrogens with one attached hydrogen (secondary N) is 1. The summed E-state index contributed by atoms with van der Waals surface area (Å²) in [6.07, 6.45) is 1.25. The summed E-state index contributed by atoms with van der Waals surface area (Å²) in [7, 11) is 0. The number of nitrogens with two attached hydrogens (primary N) is 2. The van der Waals surface area contributed by atoms with Crippen LogP contribution in [-0.4, -0.2) is 17.9 Å². The Bertz CT molecular complexity index is 463. The van der Waals surface area contributed by atoms with Crippen molar-refractivity contribution in [2.75, 3.05) is 5.32 Å². The number of anilines is 1. The van der Waals surface area contributed by atoms with Crippen molar-refractivity contribution in [2.45, 2.75) is 25.8 Å². The highest BCUT2D eigenvalue weighted by atomic mass is 19.1.